The van der Waals surface area contributed by atoms with Crippen molar-refractivity contribution in [2.24, 2.45) is 0 Å². The Morgan fingerprint density at radius 2 is 1.88 bits per heavy atom. The number of hydrogen-bond donors (Lipinski definition) is 1. The van der Waals surface area contributed by atoms with E-state index in [0.29, 0.717) is 31.1 Å². The molecule has 7 heteroatoms. The Morgan fingerprint density at radius 3 is 2.50 bits per heavy atom. The summed E-state index contributed by atoms with van der Waals surface area (Å²) in [4.78, 5) is 2.47. The number of hydrogen-bond acceptors (Lipinski definition) is 3. The maximum Gasteiger partial charge on any atom is 0.243 e. The number of aryl methyl sites for hydroxylation is 2. The van der Waals surface area contributed by atoms with Gasteiger partial charge in [-0.2, -0.15) is 4.31 Å². The Hall–Kier alpha value is -1.18. The number of nitrogens with one attached hydrogen (secondary N) is 1. The van der Waals surface area contributed by atoms with Crippen LogP contribution in [0.4, 0.5) is 0 Å². The molecule has 0 bridgehead atoms. The van der Waals surface area contributed by atoms with Crippen molar-refractivity contribution in [3.63, 3.8) is 0 Å². The highest BCUT2D eigenvalue weighted by molar-refractivity contribution is 7.89. The van der Waals surface area contributed by atoms with Gasteiger partial charge in [0.05, 0.1) is 4.90 Å². The van der Waals surface area contributed by atoms with Crippen LogP contribution in [-0.2, 0) is 10.0 Å². The standard InChI is InChI=1S/C17H27N3O2S2/c1-4-5-8-18-17(23)19-9-11-20(12-10-19)24(21,22)16-13-14(2)6-7-15(16)3/h6-7,13H,4-5,8-12H2,1-3H3,(H,18,23). The first-order chi connectivity index (χ1) is 11.4. The monoisotopic (exact) mass is 369 g/mol. The number of rotatable bonds is 5. The highest BCUT2D eigenvalue weighted by Crippen LogP contribution is 2.22. The molecule has 1 aliphatic heterocycles. The molecule has 24 heavy (non-hydrogen) atoms. The normalized spacial score (nSPS) is 16.2. The number of sulfonamides is 1. The average Bonchev–Trinajstić information content (AvgIpc) is 2.57. The number of thiocarbonyl (C=S) groups is 1. The van der Waals surface area contributed by atoms with Gasteiger partial charge < -0.3 is 10.2 Å². The molecule has 0 radical (unpaired) electrons. The van der Waals surface area contributed by atoms with Crippen LogP contribution >= 0.6 is 12.2 Å². The van der Waals surface area contributed by atoms with E-state index in [1.807, 2.05) is 26.0 Å². The fourth-order valence-corrected chi connectivity index (χ4v) is 4.76. The van der Waals surface area contributed by atoms with E-state index in [2.05, 4.69) is 17.1 Å². The molecule has 1 aromatic rings. The Bertz CT molecular complexity index is 681. The van der Waals surface area contributed by atoms with Crippen LogP contribution in [0.2, 0.25) is 0 Å². The van der Waals surface area contributed by atoms with Gasteiger partial charge in [0, 0.05) is 32.7 Å². The first-order valence-corrected chi connectivity index (χ1v) is 10.3. The van der Waals surface area contributed by atoms with E-state index in [0.717, 1.165) is 35.6 Å². The van der Waals surface area contributed by atoms with Crippen LogP contribution in [0.1, 0.15) is 30.9 Å². The smallest absolute Gasteiger partial charge is 0.243 e. The molecule has 0 spiro atoms. The lowest BCUT2D eigenvalue weighted by Gasteiger charge is -2.35. The Morgan fingerprint density at radius 1 is 1.21 bits per heavy atom. The van der Waals surface area contributed by atoms with Gasteiger partial charge in [-0.15, -0.1) is 0 Å². The van der Waals surface area contributed by atoms with Gasteiger partial charge in [-0.1, -0.05) is 25.5 Å². The zero-order valence-corrected chi connectivity index (χ0v) is 16.3. The Kier molecular flexibility index (Phi) is 6.60. The van der Waals surface area contributed by atoms with E-state index in [-0.39, 0.29) is 0 Å². The molecule has 0 aromatic heterocycles. The van der Waals surface area contributed by atoms with Crippen molar-refractivity contribution in [1.29, 1.82) is 0 Å². The topological polar surface area (TPSA) is 52.6 Å². The lowest BCUT2D eigenvalue weighted by Crippen LogP contribution is -2.53. The van der Waals surface area contributed by atoms with E-state index in [1.165, 1.54) is 0 Å². The van der Waals surface area contributed by atoms with E-state index in [1.54, 1.807) is 10.4 Å². The van der Waals surface area contributed by atoms with E-state index < -0.39 is 10.0 Å². The summed E-state index contributed by atoms with van der Waals surface area (Å²) in [7, 11) is -3.44. The van der Waals surface area contributed by atoms with Crippen molar-refractivity contribution in [3.8, 4) is 0 Å². The van der Waals surface area contributed by atoms with Crippen LogP contribution in [0, 0.1) is 13.8 Å². The fraction of sp³-hybridized carbons (Fsp3) is 0.588. The van der Waals surface area contributed by atoms with Crippen LogP contribution in [0.3, 0.4) is 0 Å². The number of nitrogens with zero attached hydrogens (tertiary/aromatic N) is 2. The third-order valence-electron chi connectivity index (χ3n) is 4.29. The molecular formula is C17H27N3O2S2. The SMILES string of the molecule is CCCCNC(=S)N1CCN(S(=O)(=O)c2cc(C)ccc2C)CC1. The summed E-state index contributed by atoms with van der Waals surface area (Å²) in [6.45, 7) is 8.95. The molecule has 1 aromatic carbocycles. The molecule has 1 heterocycles. The van der Waals surface area contributed by atoms with Crippen molar-refractivity contribution >= 4 is 27.4 Å². The van der Waals surface area contributed by atoms with E-state index in [9.17, 15) is 8.42 Å². The predicted molar refractivity (Wildman–Crippen MR) is 102 cm³/mol. The van der Waals surface area contributed by atoms with Gasteiger partial charge in [0.1, 0.15) is 0 Å². The fourth-order valence-electron chi connectivity index (χ4n) is 2.74. The molecule has 1 aliphatic rings. The summed E-state index contributed by atoms with van der Waals surface area (Å²) < 4.78 is 27.4. The molecule has 1 fully saturated rings. The summed E-state index contributed by atoms with van der Waals surface area (Å²) in [5.41, 5.74) is 1.75. The van der Waals surface area contributed by atoms with Crippen LogP contribution in [0.25, 0.3) is 0 Å². The molecule has 5 nitrogen and oxygen atoms in total. The largest absolute Gasteiger partial charge is 0.363 e. The quantitative estimate of drug-likeness (QED) is 0.637. The second-order valence-electron chi connectivity index (χ2n) is 6.25. The minimum Gasteiger partial charge on any atom is -0.363 e. The van der Waals surface area contributed by atoms with Crippen molar-refractivity contribution in [1.82, 2.24) is 14.5 Å². The van der Waals surface area contributed by atoms with Gasteiger partial charge >= 0.3 is 0 Å². The first kappa shape index (κ1) is 19.1. The highest BCUT2D eigenvalue weighted by Gasteiger charge is 2.30. The van der Waals surface area contributed by atoms with Gasteiger partial charge in [-0.05, 0) is 49.7 Å². The molecule has 134 valence electrons. The zero-order chi connectivity index (χ0) is 17.7. The molecule has 0 amide bonds. The van der Waals surface area contributed by atoms with Crippen LogP contribution in [0.15, 0.2) is 23.1 Å². The second-order valence-corrected chi connectivity index (χ2v) is 8.54. The number of benzene rings is 1. The second kappa shape index (κ2) is 8.27. The summed E-state index contributed by atoms with van der Waals surface area (Å²) in [5.74, 6) is 0. The third kappa shape index (κ3) is 4.46. The predicted octanol–water partition coefficient (Wildman–Crippen LogP) is 2.28. The van der Waals surface area contributed by atoms with Crippen LogP contribution in [0.5, 0.6) is 0 Å². The van der Waals surface area contributed by atoms with Gasteiger partial charge in [0.25, 0.3) is 0 Å². The number of unbranched alkanes of at least 4 members (excludes halogenated alkanes) is 1. The third-order valence-corrected chi connectivity index (χ3v) is 6.74. The molecule has 1 N–H and O–H groups in total. The molecule has 0 unspecified atom stereocenters. The summed E-state index contributed by atoms with van der Waals surface area (Å²) in [6.07, 6.45) is 2.21. The maximum absolute atomic E-state index is 12.9. The van der Waals surface area contributed by atoms with Gasteiger partial charge in [-0.3, -0.25) is 0 Å². The van der Waals surface area contributed by atoms with Crippen molar-refractivity contribution < 1.29 is 8.42 Å². The van der Waals surface area contributed by atoms with E-state index >= 15 is 0 Å². The lowest BCUT2D eigenvalue weighted by atomic mass is 10.2. The summed E-state index contributed by atoms with van der Waals surface area (Å²) in [5, 5.41) is 3.97. The van der Waals surface area contributed by atoms with Crippen LogP contribution in [-0.4, -0.2) is 55.5 Å². The molecule has 1 saturated heterocycles. The van der Waals surface area contributed by atoms with Crippen molar-refractivity contribution in [3.05, 3.63) is 29.3 Å². The minimum absolute atomic E-state index is 0.416. The van der Waals surface area contributed by atoms with Gasteiger partial charge in [0.2, 0.25) is 10.0 Å². The lowest BCUT2D eigenvalue weighted by molar-refractivity contribution is 0.264. The van der Waals surface area contributed by atoms with Gasteiger partial charge in [0.15, 0.2) is 5.11 Å². The maximum atomic E-state index is 12.9. The molecule has 0 atom stereocenters. The average molecular weight is 370 g/mol. The Labute approximate surface area is 151 Å². The van der Waals surface area contributed by atoms with Crippen LogP contribution < -0.4 is 5.32 Å². The molecular weight excluding hydrogens is 342 g/mol. The number of piperazine rings is 1. The van der Waals surface area contributed by atoms with Gasteiger partial charge in [-0.25, -0.2) is 8.42 Å². The molecule has 0 saturated carbocycles. The first-order valence-electron chi connectivity index (χ1n) is 8.46. The zero-order valence-electron chi connectivity index (χ0n) is 14.7. The Balaban J connectivity index is 2.01. The van der Waals surface area contributed by atoms with Crippen molar-refractivity contribution in [2.45, 2.75) is 38.5 Å². The molecule has 2 rings (SSSR count). The van der Waals surface area contributed by atoms with Crippen molar-refractivity contribution in [2.75, 3.05) is 32.7 Å². The molecule has 0 aliphatic carbocycles. The minimum atomic E-state index is -3.44. The summed E-state index contributed by atoms with van der Waals surface area (Å²) >= 11 is 5.40. The summed E-state index contributed by atoms with van der Waals surface area (Å²) in [6, 6.07) is 5.56. The van der Waals surface area contributed by atoms with E-state index in [4.69, 9.17) is 12.2 Å². The highest BCUT2D eigenvalue weighted by atomic mass is 32.2.